The van der Waals surface area contributed by atoms with E-state index in [2.05, 4.69) is 79.0 Å². The molecule has 2 nitrogen and oxygen atoms in total. The van der Waals surface area contributed by atoms with Gasteiger partial charge < -0.3 is 8.85 Å². The highest BCUT2D eigenvalue weighted by Gasteiger charge is 2.32. The minimum absolute atomic E-state index is 0.805. The second-order valence-corrected chi connectivity index (χ2v) is 16.5. The van der Waals surface area contributed by atoms with Gasteiger partial charge in [0.25, 0.3) is 0 Å². The van der Waals surface area contributed by atoms with Gasteiger partial charge in [0.2, 0.25) is 16.6 Å². The molecule has 0 bridgehead atoms. The second-order valence-electron chi connectivity index (χ2n) is 7.12. The Hall–Kier alpha value is -1.27. The lowest BCUT2D eigenvalue weighted by Crippen LogP contribution is -2.35. The Balaban J connectivity index is 2.88. The Labute approximate surface area is 163 Å². The van der Waals surface area contributed by atoms with Crippen molar-refractivity contribution in [1.82, 2.24) is 0 Å². The molecule has 0 atom stereocenters. The van der Waals surface area contributed by atoms with Crippen LogP contribution in [-0.2, 0) is 8.85 Å². The fourth-order valence-corrected chi connectivity index (χ4v) is 8.56. The van der Waals surface area contributed by atoms with Crippen LogP contribution >= 0.6 is 0 Å². The molecule has 0 aliphatic heterocycles. The third-order valence-corrected chi connectivity index (χ3v) is 15.2. The Kier molecular flexibility index (Phi) is 8.91. The highest BCUT2D eigenvalue weighted by molar-refractivity contribution is 6.74. The Morgan fingerprint density at radius 1 is 0.615 bits per heavy atom. The number of benzene rings is 1. The summed E-state index contributed by atoms with van der Waals surface area (Å²) in [7, 11) is -3.36. The molecule has 0 amide bonds. The Morgan fingerprint density at radius 3 is 1.04 bits per heavy atom. The summed E-state index contributed by atoms with van der Waals surface area (Å²) in [5.74, 6) is 1.61. The third kappa shape index (κ3) is 5.37. The highest BCUT2D eigenvalue weighted by Crippen LogP contribution is 2.31. The van der Waals surface area contributed by atoms with Gasteiger partial charge in [-0.15, -0.1) is 0 Å². The molecular weight excluding hydrogens is 352 g/mol. The van der Waals surface area contributed by atoms with Crippen molar-refractivity contribution in [2.75, 3.05) is 0 Å². The van der Waals surface area contributed by atoms with Crippen LogP contribution in [-0.4, -0.2) is 16.6 Å². The topological polar surface area (TPSA) is 18.5 Å². The largest absolute Gasteiger partial charge is 0.544 e. The molecule has 0 fully saturated rings. The molecule has 0 heterocycles. The molecule has 1 rings (SSSR count). The lowest BCUT2D eigenvalue weighted by atomic mass is 10.1. The summed E-state index contributed by atoms with van der Waals surface area (Å²) >= 11 is 0. The van der Waals surface area contributed by atoms with Crippen molar-refractivity contribution in [2.45, 2.75) is 77.8 Å². The second kappa shape index (κ2) is 10.2. The fraction of sp³-hybridized carbons (Fsp3) is 0.545. The first-order valence-electron chi connectivity index (χ1n) is 10.2. The molecule has 0 N–H and O–H groups in total. The molecule has 0 aliphatic carbocycles. The van der Waals surface area contributed by atoms with Gasteiger partial charge in [0.1, 0.15) is 11.5 Å². The van der Waals surface area contributed by atoms with Crippen molar-refractivity contribution in [1.29, 1.82) is 0 Å². The maximum absolute atomic E-state index is 6.40. The van der Waals surface area contributed by atoms with Gasteiger partial charge in [-0.1, -0.05) is 79.0 Å². The summed E-state index contributed by atoms with van der Waals surface area (Å²) in [5.41, 5.74) is 2.11. The van der Waals surface area contributed by atoms with Gasteiger partial charge in [-0.05, 0) is 36.3 Å². The predicted molar refractivity (Wildman–Crippen MR) is 121 cm³/mol. The van der Waals surface area contributed by atoms with E-state index in [1.54, 1.807) is 0 Å². The van der Waals surface area contributed by atoms with Crippen LogP contribution in [0.4, 0.5) is 0 Å². The normalized spacial score (nSPS) is 11.9. The Bertz CT molecular complexity index is 515. The average Bonchev–Trinajstić information content (AvgIpc) is 2.70. The summed E-state index contributed by atoms with van der Waals surface area (Å²) in [6, 6.07) is 15.1. The van der Waals surface area contributed by atoms with Crippen LogP contribution in [0.15, 0.2) is 37.4 Å². The quantitative estimate of drug-likeness (QED) is 0.269. The monoisotopic (exact) mass is 390 g/mol. The van der Waals surface area contributed by atoms with Crippen molar-refractivity contribution in [2.24, 2.45) is 0 Å². The van der Waals surface area contributed by atoms with Gasteiger partial charge in [0.15, 0.2) is 0 Å². The van der Waals surface area contributed by atoms with Crippen LogP contribution < -0.4 is 0 Å². The zero-order valence-electron chi connectivity index (χ0n) is 17.8. The molecular formula is C22H38O2Si2. The van der Waals surface area contributed by atoms with E-state index in [1.165, 1.54) is 0 Å². The van der Waals surface area contributed by atoms with Crippen LogP contribution in [0.1, 0.15) is 52.7 Å². The lowest BCUT2D eigenvalue weighted by molar-refractivity contribution is 0.490. The lowest BCUT2D eigenvalue weighted by Gasteiger charge is -2.31. The summed E-state index contributed by atoms with van der Waals surface area (Å²) < 4.78 is 12.8. The third-order valence-electron chi connectivity index (χ3n) is 6.07. The molecule has 0 saturated heterocycles. The van der Waals surface area contributed by atoms with Gasteiger partial charge in [-0.25, -0.2) is 0 Å². The van der Waals surface area contributed by atoms with E-state index < -0.39 is 16.6 Å². The standard InChI is InChI=1S/C22H38O2Si2/c1-9-25(10-2,11-3)23-19(7)21-15-17-22(18-16-21)20(8)24-26(12-4,13-5)14-6/h15-18H,7-14H2,1-6H3. The van der Waals surface area contributed by atoms with E-state index in [4.69, 9.17) is 8.85 Å². The van der Waals surface area contributed by atoms with Crippen molar-refractivity contribution in [3.05, 3.63) is 48.6 Å². The smallest absolute Gasteiger partial charge is 0.250 e. The van der Waals surface area contributed by atoms with E-state index in [-0.39, 0.29) is 0 Å². The minimum atomic E-state index is -1.68. The van der Waals surface area contributed by atoms with Crippen LogP contribution in [0.5, 0.6) is 0 Å². The molecule has 0 unspecified atom stereocenters. The van der Waals surface area contributed by atoms with Gasteiger partial charge in [-0.3, -0.25) is 0 Å². The zero-order chi connectivity index (χ0) is 19.8. The maximum atomic E-state index is 6.40. The van der Waals surface area contributed by atoms with Gasteiger partial charge >= 0.3 is 0 Å². The highest BCUT2D eigenvalue weighted by atomic mass is 28.4. The molecule has 0 aromatic heterocycles. The molecule has 0 saturated carbocycles. The minimum Gasteiger partial charge on any atom is -0.544 e. The summed E-state index contributed by atoms with van der Waals surface area (Å²) in [5, 5.41) is 0. The maximum Gasteiger partial charge on any atom is 0.250 e. The van der Waals surface area contributed by atoms with E-state index in [1.807, 2.05) is 0 Å². The predicted octanol–water partition coefficient (Wildman–Crippen LogP) is 7.67. The number of hydrogen-bond acceptors (Lipinski definition) is 2. The first-order valence-corrected chi connectivity index (χ1v) is 15.3. The molecule has 4 heteroatoms. The first-order chi connectivity index (χ1) is 12.3. The van der Waals surface area contributed by atoms with Crippen molar-refractivity contribution >= 4 is 28.2 Å². The SMILES string of the molecule is C=C(O[Si](CC)(CC)CC)c1ccc(C(=C)O[Si](CC)(CC)CC)cc1. The van der Waals surface area contributed by atoms with E-state index in [0.29, 0.717) is 0 Å². The summed E-state index contributed by atoms with van der Waals surface area (Å²) in [6.07, 6.45) is 0. The van der Waals surface area contributed by atoms with Gasteiger partial charge in [0.05, 0.1) is 0 Å². The first kappa shape index (κ1) is 22.8. The van der Waals surface area contributed by atoms with Crippen LogP contribution in [0.3, 0.4) is 0 Å². The van der Waals surface area contributed by atoms with Crippen LogP contribution in [0.25, 0.3) is 11.5 Å². The molecule has 146 valence electrons. The molecule has 0 spiro atoms. The number of hydrogen-bond donors (Lipinski definition) is 0. The zero-order valence-corrected chi connectivity index (χ0v) is 19.8. The van der Waals surface area contributed by atoms with Crippen molar-refractivity contribution < 1.29 is 8.85 Å². The number of rotatable bonds is 12. The summed E-state index contributed by atoms with van der Waals surface area (Å²) in [4.78, 5) is 0. The van der Waals surface area contributed by atoms with E-state index in [9.17, 15) is 0 Å². The molecule has 1 aromatic carbocycles. The average molecular weight is 391 g/mol. The van der Waals surface area contributed by atoms with Crippen molar-refractivity contribution in [3.63, 3.8) is 0 Å². The molecule has 0 aliphatic rings. The van der Waals surface area contributed by atoms with Gasteiger partial charge in [0, 0.05) is 11.1 Å². The van der Waals surface area contributed by atoms with Crippen LogP contribution in [0, 0.1) is 0 Å². The van der Waals surface area contributed by atoms with Crippen LogP contribution in [0.2, 0.25) is 36.3 Å². The van der Waals surface area contributed by atoms with Gasteiger partial charge in [-0.2, -0.15) is 0 Å². The van der Waals surface area contributed by atoms with E-state index in [0.717, 1.165) is 58.9 Å². The molecule has 26 heavy (non-hydrogen) atoms. The summed E-state index contributed by atoms with van der Waals surface area (Å²) in [6.45, 7) is 21.8. The fourth-order valence-electron chi connectivity index (χ4n) is 3.42. The molecule has 0 radical (unpaired) electrons. The van der Waals surface area contributed by atoms with E-state index >= 15 is 0 Å². The Morgan fingerprint density at radius 2 is 0.846 bits per heavy atom. The molecule has 1 aromatic rings. The van der Waals surface area contributed by atoms with Crippen molar-refractivity contribution in [3.8, 4) is 0 Å².